The third kappa shape index (κ3) is 6.95. The first-order chi connectivity index (χ1) is 11.9. The predicted octanol–water partition coefficient (Wildman–Crippen LogP) is 2.35. The zero-order chi connectivity index (χ0) is 18.3. The van der Waals surface area contributed by atoms with Crippen molar-refractivity contribution in [3.8, 4) is 0 Å². The molecular weight excluding hydrogens is 441 g/mol. The highest BCUT2D eigenvalue weighted by Crippen LogP contribution is 2.19. The molecule has 0 fully saturated rings. The number of aryl methyl sites for hydroxylation is 2. The summed E-state index contributed by atoms with van der Waals surface area (Å²) in [7, 11) is 1.83. The number of hydrogen-bond acceptors (Lipinski definition) is 3. The quantitative estimate of drug-likeness (QED) is 0.329. The first-order valence-corrected chi connectivity index (χ1v) is 8.70. The summed E-state index contributed by atoms with van der Waals surface area (Å²) in [4.78, 5) is 4.53. The largest absolute Gasteiger partial charge is 0.383 e. The van der Waals surface area contributed by atoms with Crippen molar-refractivity contribution in [2.75, 3.05) is 19.6 Å². The monoisotopic (exact) mass is 471 g/mol. The molecular formula is C19H30IN5O. The van der Waals surface area contributed by atoms with Gasteiger partial charge in [0.25, 0.3) is 0 Å². The molecule has 0 aliphatic rings. The van der Waals surface area contributed by atoms with E-state index in [1.54, 1.807) is 17.8 Å². The lowest BCUT2D eigenvalue weighted by atomic mass is 10.0. The van der Waals surface area contributed by atoms with Crippen LogP contribution in [0.2, 0.25) is 0 Å². The summed E-state index contributed by atoms with van der Waals surface area (Å²) in [6.07, 6.45) is 4.41. The van der Waals surface area contributed by atoms with Gasteiger partial charge in [-0.1, -0.05) is 29.8 Å². The van der Waals surface area contributed by atoms with Crippen LogP contribution in [-0.4, -0.2) is 40.5 Å². The van der Waals surface area contributed by atoms with Gasteiger partial charge in [-0.25, -0.2) is 4.99 Å². The summed E-state index contributed by atoms with van der Waals surface area (Å²) in [6.45, 7) is 7.69. The summed E-state index contributed by atoms with van der Waals surface area (Å²) < 4.78 is 1.68. The van der Waals surface area contributed by atoms with Crippen LogP contribution in [0, 0.1) is 6.92 Å². The van der Waals surface area contributed by atoms with E-state index >= 15 is 0 Å². The number of aliphatic hydroxyl groups is 1. The van der Waals surface area contributed by atoms with Gasteiger partial charge in [0.15, 0.2) is 5.96 Å². The van der Waals surface area contributed by atoms with Crippen molar-refractivity contribution in [1.29, 1.82) is 0 Å². The molecule has 6 nitrogen and oxygen atoms in total. The maximum Gasteiger partial charge on any atom is 0.191 e. The molecule has 26 heavy (non-hydrogen) atoms. The molecule has 0 bridgehead atoms. The third-order valence-electron chi connectivity index (χ3n) is 4.00. The van der Waals surface area contributed by atoms with Gasteiger partial charge in [-0.05, 0) is 32.8 Å². The Morgan fingerprint density at radius 3 is 2.73 bits per heavy atom. The van der Waals surface area contributed by atoms with Crippen LogP contribution >= 0.6 is 24.0 Å². The van der Waals surface area contributed by atoms with Gasteiger partial charge >= 0.3 is 0 Å². The maximum atomic E-state index is 10.6. The van der Waals surface area contributed by atoms with E-state index in [0.717, 1.165) is 25.1 Å². The standard InChI is InChI=1S/C19H29N5O.HI/c1-5-20-18(21-10-9-16-8-6-7-15(2)11-16)22-14-19(3,25)17-12-23-24(4)13-17;/h6-8,11-13,25H,5,9-10,14H2,1-4H3,(H2,20,21,22);1H. The molecule has 1 unspecified atom stereocenters. The van der Waals surface area contributed by atoms with Crippen molar-refractivity contribution >= 4 is 29.9 Å². The van der Waals surface area contributed by atoms with Gasteiger partial charge < -0.3 is 15.7 Å². The molecule has 1 heterocycles. The Morgan fingerprint density at radius 1 is 1.35 bits per heavy atom. The number of aliphatic imine (C=N–C) groups is 1. The lowest BCUT2D eigenvalue weighted by molar-refractivity contribution is 0.0672. The van der Waals surface area contributed by atoms with Crippen molar-refractivity contribution < 1.29 is 5.11 Å². The van der Waals surface area contributed by atoms with Crippen LogP contribution in [0.3, 0.4) is 0 Å². The number of guanidine groups is 1. The zero-order valence-electron chi connectivity index (χ0n) is 16.0. The van der Waals surface area contributed by atoms with Gasteiger partial charge in [0.1, 0.15) is 5.60 Å². The summed E-state index contributed by atoms with van der Waals surface area (Å²) in [5.74, 6) is 0.708. The number of aromatic nitrogens is 2. The highest BCUT2D eigenvalue weighted by molar-refractivity contribution is 14.0. The van der Waals surface area contributed by atoms with E-state index in [1.165, 1.54) is 11.1 Å². The molecule has 1 atom stereocenters. The lowest BCUT2D eigenvalue weighted by Gasteiger charge is -2.20. The molecule has 1 aromatic carbocycles. The van der Waals surface area contributed by atoms with Crippen molar-refractivity contribution in [3.63, 3.8) is 0 Å². The summed E-state index contributed by atoms with van der Waals surface area (Å²) in [5, 5.41) is 21.3. The molecule has 0 saturated carbocycles. The van der Waals surface area contributed by atoms with E-state index in [4.69, 9.17) is 0 Å². The fraction of sp³-hybridized carbons (Fsp3) is 0.474. The number of nitrogens with one attached hydrogen (secondary N) is 2. The van der Waals surface area contributed by atoms with E-state index in [1.807, 2.05) is 20.2 Å². The van der Waals surface area contributed by atoms with E-state index in [0.29, 0.717) is 5.96 Å². The maximum absolute atomic E-state index is 10.6. The first kappa shape index (κ1) is 22.4. The minimum absolute atomic E-state index is 0. The van der Waals surface area contributed by atoms with Gasteiger partial charge in [-0.2, -0.15) is 5.10 Å². The van der Waals surface area contributed by atoms with Gasteiger partial charge in [0.05, 0.1) is 12.7 Å². The molecule has 0 aliphatic carbocycles. The van der Waals surface area contributed by atoms with Gasteiger partial charge in [-0.15, -0.1) is 24.0 Å². The number of hydrogen-bond donors (Lipinski definition) is 3. The average Bonchev–Trinajstić information content (AvgIpc) is 3.00. The van der Waals surface area contributed by atoms with Crippen molar-refractivity contribution in [3.05, 3.63) is 53.3 Å². The van der Waals surface area contributed by atoms with E-state index in [2.05, 4.69) is 51.9 Å². The number of rotatable bonds is 7. The molecule has 0 amide bonds. The Labute approximate surface area is 173 Å². The van der Waals surface area contributed by atoms with Gasteiger partial charge in [0, 0.05) is 31.9 Å². The van der Waals surface area contributed by atoms with Gasteiger partial charge in [-0.3, -0.25) is 4.68 Å². The van der Waals surface area contributed by atoms with Crippen LogP contribution < -0.4 is 10.6 Å². The second kappa shape index (κ2) is 10.5. The zero-order valence-corrected chi connectivity index (χ0v) is 18.3. The Kier molecular flexibility index (Phi) is 9.07. The van der Waals surface area contributed by atoms with Crippen molar-refractivity contribution in [2.24, 2.45) is 12.0 Å². The number of nitrogens with zero attached hydrogens (tertiary/aromatic N) is 3. The van der Waals surface area contributed by atoms with E-state index < -0.39 is 5.60 Å². The Balaban J connectivity index is 0.00000338. The molecule has 1 aromatic heterocycles. The average molecular weight is 471 g/mol. The van der Waals surface area contributed by atoms with Crippen LogP contribution in [0.25, 0.3) is 0 Å². The van der Waals surface area contributed by atoms with Gasteiger partial charge in [0.2, 0.25) is 0 Å². The number of halogens is 1. The Morgan fingerprint density at radius 2 is 2.12 bits per heavy atom. The van der Waals surface area contributed by atoms with Crippen molar-refractivity contribution in [2.45, 2.75) is 32.8 Å². The normalized spacial score (nSPS) is 13.7. The molecule has 144 valence electrons. The molecule has 2 aromatic rings. The second-order valence-electron chi connectivity index (χ2n) is 6.54. The van der Waals surface area contributed by atoms with E-state index in [-0.39, 0.29) is 30.5 Å². The van der Waals surface area contributed by atoms with Crippen LogP contribution in [0.15, 0.2) is 41.7 Å². The topological polar surface area (TPSA) is 74.5 Å². The molecule has 0 radical (unpaired) electrons. The smallest absolute Gasteiger partial charge is 0.191 e. The highest BCUT2D eigenvalue weighted by Gasteiger charge is 2.24. The lowest BCUT2D eigenvalue weighted by Crippen LogP contribution is -2.39. The SMILES string of the molecule is CCNC(=NCC(C)(O)c1cnn(C)c1)NCCc1cccc(C)c1.I. The Hall–Kier alpha value is -1.61. The first-order valence-electron chi connectivity index (χ1n) is 8.70. The fourth-order valence-electron chi connectivity index (χ4n) is 2.56. The van der Waals surface area contributed by atoms with Crippen LogP contribution in [0.4, 0.5) is 0 Å². The Bertz CT molecular complexity index is 711. The minimum Gasteiger partial charge on any atom is -0.383 e. The summed E-state index contributed by atoms with van der Waals surface area (Å²) >= 11 is 0. The highest BCUT2D eigenvalue weighted by atomic mass is 127. The molecule has 2 rings (SSSR count). The minimum atomic E-state index is -1.05. The van der Waals surface area contributed by atoms with Crippen LogP contribution in [0.5, 0.6) is 0 Å². The molecule has 0 spiro atoms. The summed E-state index contributed by atoms with van der Waals surface area (Å²) in [5.41, 5.74) is 2.28. The van der Waals surface area contributed by atoms with Crippen LogP contribution in [0.1, 0.15) is 30.5 Å². The number of benzene rings is 1. The molecule has 7 heteroatoms. The van der Waals surface area contributed by atoms with E-state index in [9.17, 15) is 5.11 Å². The second-order valence-corrected chi connectivity index (χ2v) is 6.54. The molecule has 0 aliphatic heterocycles. The van der Waals surface area contributed by atoms with Crippen molar-refractivity contribution in [1.82, 2.24) is 20.4 Å². The fourth-order valence-corrected chi connectivity index (χ4v) is 2.56. The summed E-state index contributed by atoms with van der Waals surface area (Å²) in [6, 6.07) is 8.50. The van der Waals surface area contributed by atoms with Crippen LogP contribution in [-0.2, 0) is 19.1 Å². The molecule has 0 saturated heterocycles. The third-order valence-corrected chi connectivity index (χ3v) is 4.00. The predicted molar refractivity (Wildman–Crippen MR) is 117 cm³/mol. The molecule has 3 N–H and O–H groups in total.